The van der Waals surface area contributed by atoms with Crippen LogP contribution >= 0.6 is 0 Å². The number of pyridine rings is 1. The molecule has 0 aromatic carbocycles. The van der Waals surface area contributed by atoms with Crippen LogP contribution in [0.15, 0.2) is 45.1 Å². The Labute approximate surface area is 227 Å². The molecule has 5 aromatic heterocycles. The molecule has 0 saturated heterocycles. The zero-order chi connectivity index (χ0) is 29.6. The number of nitrogens with zero attached hydrogens (tertiary/aromatic N) is 9. The van der Waals surface area contributed by atoms with E-state index >= 15 is 0 Å². The van der Waals surface area contributed by atoms with E-state index in [0.717, 1.165) is 15.2 Å². The molecule has 212 valence electrons. The molecule has 41 heavy (non-hydrogen) atoms. The van der Waals surface area contributed by atoms with Crippen LogP contribution in [0, 0.1) is 13.8 Å². The first-order valence-electron chi connectivity index (χ1n) is 12.0. The van der Waals surface area contributed by atoms with Crippen molar-refractivity contribution in [2.75, 3.05) is 5.32 Å². The Balaban J connectivity index is 1.45. The van der Waals surface area contributed by atoms with Gasteiger partial charge in [-0.15, -0.1) is 0 Å². The van der Waals surface area contributed by atoms with Crippen molar-refractivity contribution in [3.05, 3.63) is 74.8 Å². The summed E-state index contributed by atoms with van der Waals surface area (Å²) in [6.07, 6.45) is 0.321. The zero-order valence-corrected chi connectivity index (χ0v) is 22.0. The number of carbonyl (C=O) groups excluding carboxylic acids is 1. The first-order valence-corrected chi connectivity index (χ1v) is 12.0. The number of fused-ring (bicyclic) bond motifs is 1. The summed E-state index contributed by atoms with van der Waals surface area (Å²) in [6.45, 7) is 4.03. The highest BCUT2D eigenvalue weighted by molar-refractivity contribution is 5.93. The SMILES string of the molecule is Cc1noc(Cn2c(=O)c3c(ncn3[C@@H](C)C(=O)Nc3cncc(-c4cnc(C)c(C(F)(F)F)c4)n3)n(C)c2=O)n1. The van der Waals surface area contributed by atoms with Crippen molar-refractivity contribution >= 4 is 22.9 Å². The number of imidazole rings is 1. The molecule has 0 aliphatic rings. The van der Waals surface area contributed by atoms with Gasteiger partial charge in [0.15, 0.2) is 22.8 Å². The Morgan fingerprint density at radius 2 is 1.88 bits per heavy atom. The number of amides is 1. The number of anilines is 1. The summed E-state index contributed by atoms with van der Waals surface area (Å²) in [5, 5.41) is 6.20. The van der Waals surface area contributed by atoms with Gasteiger partial charge in [0, 0.05) is 24.5 Å². The lowest BCUT2D eigenvalue weighted by molar-refractivity contribution is -0.138. The number of nitrogens with one attached hydrogen (secondary N) is 1. The first-order chi connectivity index (χ1) is 19.3. The molecular formula is C24H21F3N10O4. The highest BCUT2D eigenvalue weighted by Crippen LogP contribution is 2.33. The number of halogens is 3. The molecule has 1 amide bonds. The molecule has 5 rings (SSSR count). The summed E-state index contributed by atoms with van der Waals surface area (Å²) >= 11 is 0. The summed E-state index contributed by atoms with van der Waals surface area (Å²) in [7, 11) is 1.42. The Morgan fingerprint density at radius 3 is 2.56 bits per heavy atom. The van der Waals surface area contributed by atoms with Gasteiger partial charge in [0.1, 0.15) is 12.6 Å². The molecule has 1 atom stereocenters. The smallest absolute Gasteiger partial charge is 0.337 e. The topological polar surface area (TPSA) is 169 Å². The van der Waals surface area contributed by atoms with Gasteiger partial charge in [0.05, 0.1) is 30.0 Å². The third kappa shape index (κ3) is 5.08. The minimum Gasteiger partial charge on any atom is -0.337 e. The summed E-state index contributed by atoms with van der Waals surface area (Å²) in [4.78, 5) is 59.5. The molecule has 0 spiro atoms. The lowest BCUT2D eigenvalue weighted by atomic mass is 10.1. The van der Waals surface area contributed by atoms with E-state index in [-0.39, 0.29) is 46.4 Å². The van der Waals surface area contributed by atoms with Crippen LogP contribution in [-0.4, -0.2) is 49.7 Å². The van der Waals surface area contributed by atoms with E-state index in [2.05, 4.69) is 35.4 Å². The maximum atomic E-state index is 13.4. The van der Waals surface area contributed by atoms with E-state index in [9.17, 15) is 27.6 Å². The standard InChI is InChI=1S/C24H21F3N10O4/c1-11-15(24(25,26)27)5-14(6-29-11)16-7-28-8-17(32-16)33-21(38)12(2)37-10-30-20-19(37)22(39)36(23(40)35(20)4)9-18-31-13(3)34-41-18/h5-8,10,12H,9H2,1-4H3,(H,32,33,38)/t12-/m0/s1. The largest absolute Gasteiger partial charge is 0.418 e. The number of carbonyl (C=O) groups is 1. The third-order valence-electron chi connectivity index (χ3n) is 6.29. The normalized spacial score (nSPS) is 12.6. The molecular weight excluding hydrogens is 549 g/mol. The predicted octanol–water partition coefficient (Wildman–Crippen LogP) is 2.02. The molecule has 5 heterocycles. The van der Waals surface area contributed by atoms with Crippen LogP contribution in [-0.2, 0) is 24.6 Å². The minimum absolute atomic E-state index is 0.0313. The van der Waals surface area contributed by atoms with Crippen LogP contribution in [0.4, 0.5) is 19.0 Å². The van der Waals surface area contributed by atoms with Gasteiger partial charge in [-0.1, -0.05) is 5.16 Å². The second kappa shape index (κ2) is 10.1. The maximum absolute atomic E-state index is 13.4. The van der Waals surface area contributed by atoms with Crippen molar-refractivity contribution in [1.82, 2.24) is 43.8 Å². The average molecular weight is 570 g/mol. The average Bonchev–Trinajstić information content (AvgIpc) is 3.55. The molecule has 17 heteroatoms. The van der Waals surface area contributed by atoms with Gasteiger partial charge < -0.3 is 14.4 Å². The quantitative estimate of drug-likeness (QED) is 0.319. The number of hydrogen-bond acceptors (Lipinski definition) is 10. The lowest BCUT2D eigenvalue weighted by Gasteiger charge is -2.15. The maximum Gasteiger partial charge on any atom is 0.418 e. The molecule has 0 aliphatic heterocycles. The fourth-order valence-corrected chi connectivity index (χ4v) is 4.14. The Hall–Kier alpha value is -5.22. The zero-order valence-electron chi connectivity index (χ0n) is 22.0. The second-order valence-corrected chi connectivity index (χ2v) is 9.10. The number of hydrogen-bond donors (Lipinski definition) is 1. The van der Waals surface area contributed by atoms with Gasteiger partial charge in [-0.05, 0) is 26.8 Å². The van der Waals surface area contributed by atoms with E-state index in [1.807, 2.05) is 0 Å². The van der Waals surface area contributed by atoms with Crippen LogP contribution in [0.25, 0.3) is 22.4 Å². The summed E-state index contributed by atoms with van der Waals surface area (Å²) in [5.41, 5.74) is -2.39. The molecule has 0 bridgehead atoms. The van der Waals surface area contributed by atoms with E-state index < -0.39 is 34.9 Å². The van der Waals surface area contributed by atoms with Gasteiger partial charge in [-0.3, -0.25) is 24.1 Å². The van der Waals surface area contributed by atoms with Crippen molar-refractivity contribution < 1.29 is 22.5 Å². The summed E-state index contributed by atoms with van der Waals surface area (Å²) in [5.74, 6) is -0.314. The molecule has 1 N–H and O–H groups in total. The number of aromatic nitrogens is 9. The first kappa shape index (κ1) is 27.4. The van der Waals surface area contributed by atoms with Gasteiger partial charge in [0.25, 0.3) is 5.56 Å². The fraction of sp³-hybridized carbons (Fsp3) is 0.292. The van der Waals surface area contributed by atoms with E-state index in [1.165, 1.54) is 50.4 Å². The number of alkyl halides is 3. The summed E-state index contributed by atoms with van der Waals surface area (Å²) in [6, 6.07) is -0.129. The molecule has 0 fully saturated rings. The lowest BCUT2D eigenvalue weighted by Crippen LogP contribution is -2.40. The number of aryl methyl sites for hydroxylation is 3. The summed E-state index contributed by atoms with van der Waals surface area (Å²) < 4.78 is 48.4. The molecule has 5 aromatic rings. The Morgan fingerprint density at radius 1 is 1.12 bits per heavy atom. The molecule has 0 radical (unpaired) electrons. The van der Waals surface area contributed by atoms with Crippen LogP contribution < -0.4 is 16.6 Å². The molecule has 0 saturated carbocycles. The predicted molar refractivity (Wildman–Crippen MR) is 136 cm³/mol. The van der Waals surface area contributed by atoms with Gasteiger partial charge in [-0.25, -0.2) is 19.3 Å². The molecule has 14 nitrogen and oxygen atoms in total. The van der Waals surface area contributed by atoms with E-state index in [1.54, 1.807) is 6.92 Å². The van der Waals surface area contributed by atoms with Crippen LogP contribution in [0.2, 0.25) is 0 Å². The van der Waals surface area contributed by atoms with Crippen molar-refractivity contribution in [1.29, 1.82) is 0 Å². The Kier molecular flexibility index (Phi) is 6.72. The van der Waals surface area contributed by atoms with Gasteiger partial charge in [-0.2, -0.15) is 18.2 Å². The van der Waals surface area contributed by atoms with Crippen molar-refractivity contribution in [3.8, 4) is 11.3 Å². The van der Waals surface area contributed by atoms with Crippen molar-refractivity contribution in [3.63, 3.8) is 0 Å². The van der Waals surface area contributed by atoms with Crippen LogP contribution in [0.5, 0.6) is 0 Å². The molecule has 0 unspecified atom stereocenters. The number of rotatable bonds is 6. The Bertz CT molecular complexity index is 1920. The minimum atomic E-state index is -4.61. The van der Waals surface area contributed by atoms with Gasteiger partial charge >= 0.3 is 11.9 Å². The van der Waals surface area contributed by atoms with E-state index in [4.69, 9.17) is 4.52 Å². The highest BCUT2D eigenvalue weighted by Gasteiger charge is 2.33. The van der Waals surface area contributed by atoms with Crippen molar-refractivity contribution in [2.45, 2.75) is 39.5 Å². The van der Waals surface area contributed by atoms with Gasteiger partial charge in [0.2, 0.25) is 11.8 Å². The van der Waals surface area contributed by atoms with Crippen LogP contribution in [0.3, 0.4) is 0 Å². The third-order valence-corrected chi connectivity index (χ3v) is 6.29. The van der Waals surface area contributed by atoms with E-state index in [0.29, 0.717) is 5.82 Å². The fourth-order valence-electron chi connectivity index (χ4n) is 4.14. The van der Waals surface area contributed by atoms with Crippen LogP contribution in [0.1, 0.15) is 35.9 Å². The molecule has 0 aliphatic carbocycles. The van der Waals surface area contributed by atoms with Crippen molar-refractivity contribution in [2.24, 2.45) is 7.05 Å². The monoisotopic (exact) mass is 570 g/mol. The second-order valence-electron chi connectivity index (χ2n) is 9.10. The highest BCUT2D eigenvalue weighted by atomic mass is 19.4.